The molecule has 1 aliphatic rings. The highest BCUT2D eigenvalue weighted by atomic mass is 16.4. The topological polar surface area (TPSA) is 101 Å². The number of aromatic nitrogens is 2. The van der Waals surface area contributed by atoms with Gasteiger partial charge < -0.3 is 10.4 Å². The van der Waals surface area contributed by atoms with Crippen molar-refractivity contribution in [3.05, 3.63) is 39.9 Å². The fourth-order valence-electron chi connectivity index (χ4n) is 3.47. The van der Waals surface area contributed by atoms with E-state index in [2.05, 4.69) is 10.3 Å². The molecule has 0 saturated carbocycles. The quantitative estimate of drug-likeness (QED) is 0.812. The van der Waals surface area contributed by atoms with Gasteiger partial charge in [0.05, 0.1) is 10.9 Å². The summed E-state index contributed by atoms with van der Waals surface area (Å²) in [5, 5.41) is 12.3. The van der Waals surface area contributed by atoms with Crippen molar-refractivity contribution in [3.63, 3.8) is 0 Å². The van der Waals surface area contributed by atoms with Crippen LogP contribution in [0.15, 0.2) is 23.0 Å². The average molecular weight is 371 g/mol. The van der Waals surface area contributed by atoms with Crippen LogP contribution in [0.5, 0.6) is 0 Å². The number of nitrogens with one attached hydrogen (secondary N) is 1. The van der Waals surface area contributed by atoms with E-state index in [1.54, 1.807) is 22.8 Å². The molecule has 1 amide bonds. The number of amides is 1. The minimum Gasteiger partial charge on any atom is -0.480 e. The van der Waals surface area contributed by atoms with Gasteiger partial charge in [0.15, 0.2) is 0 Å². The highest BCUT2D eigenvalue weighted by Crippen LogP contribution is 2.16. The Morgan fingerprint density at radius 2 is 2.11 bits per heavy atom. The van der Waals surface area contributed by atoms with Crippen LogP contribution in [0.3, 0.4) is 0 Å². The summed E-state index contributed by atoms with van der Waals surface area (Å²) in [5.74, 6) is -0.745. The van der Waals surface area contributed by atoms with Gasteiger partial charge in [-0.25, -0.2) is 9.78 Å². The van der Waals surface area contributed by atoms with E-state index in [0.717, 1.165) is 44.3 Å². The molecule has 0 radical (unpaired) electrons. The van der Waals surface area contributed by atoms with Crippen LogP contribution in [0, 0.1) is 0 Å². The van der Waals surface area contributed by atoms with E-state index in [9.17, 15) is 19.5 Å². The molecule has 1 aromatic heterocycles. The normalized spacial score (nSPS) is 15.0. The number of hydrogen-bond donors (Lipinski definition) is 2. The van der Waals surface area contributed by atoms with Crippen molar-refractivity contribution >= 4 is 22.8 Å². The zero-order valence-electron chi connectivity index (χ0n) is 15.5. The average Bonchev–Trinajstić information content (AvgIpc) is 2.90. The Morgan fingerprint density at radius 1 is 1.30 bits per heavy atom. The largest absolute Gasteiger partial charge is 0.480 e. The lowest BCUT2D eigenvalue weighted by molar-refractivity contribution is -0.139. The lowest BCUT2D eigenvalue weighted by Gasteiger charge is -2.15. The van der Waals surface area contributed by atoms with Gasteiger partial charge in [0.2, 0.25) is 0 Å². The van der Waals surface area contributed by atoms with Gasteiger partial charge >= 0.3 is 5.97 Å². The highest BCUT2D eigenvalue weighted by Gasteiger charge is 2.21. The molecule has 0 fully saturated rings. The van der Waals surface area contributed by atoms with Crippen LogP contribution in [0.1, 0.15) is 61.6 Å². The maximum absolute atomic E-state index is 12.7. The number of aryl methyl sites for hydroxylation is 1. The molecule has 0 bridgehead atoms. The summed E-state index contributed by atoms with van der Waals surface area (Å²) in [6, 6.07) is 3.83. The molecule has 7 heteroatoms. The number of unbranched alkanes of at least 4 members (excludes halogenated alkanes) is 1. The summed E-state index contributed by atoms with van der Waals surface area (Å²) in [7, 11) is 0. The third-order valence-corrected chi connectivity index (χ3v) is 5.03. The van der Waals surface area contributed by atoms with Crippen molar-refractivity contribution in [2.45, 2.75) is 64.5 Å². The van der Waals surface area contributed by atoms with Crippen LogP contribution in [0.4, 0.5) is 0 Å². The number of aliphatic carboxylic acids is 1. The Kier molecular flexibility index (Phi) is 5.88. The summed E-state index contributed by atoms with van der Waals surface area (Å²) < 4.78 is 1.74. The van der Waals surface area contributed by atoms with E-state index in [4.69, 9.17) is 0 Å². The number of carboxylic acids is 1. The minimum absolute atomic E-state index is 0.0739. The maximum Gasteiger partial charge on any atom is 0.326 e. The van der Waals surface area contributed by atoms with E-state index in [1.165, 1.54) is 0 Å². The molecule has 144 valence electrons. The molecular weight excluding hydrogens is 346 g/mol. The minimum atomic E-state index is -1.04. The Hall–Kier alpha value is -2.70. The monoisotopic (exact) mass is 371 g/mol. The molecule has 2 aromatic rings. The summed E-state index contributed by atoms with van der Waals surface area (Å²) in [6.45, 7) is 2.65. The predicted octanol–water partition coefficient (Wildman–Crippen LogP) is 2.50. The molecule has 0 aliphatic carbocycles. The third kappa shape index (κ3) is 4.18. The van der Waals surface area contributed by atoms with Crippen molar-refractivity contribution in [2.75, 3.05) is 0 Å². The second-order valence-electron chi connectivity index (χ2n) is 7.03. The van der Waals surface area contributed by atoms with Crippen LogP contribution in [0.25, 0.3) is 10.9 Å². The Labute approximate surface area is 157 Å². The van der Waals surface area contributed by atoms with Gasteiger partial charge in [-0.1, -0.05) is 26.2 Å². The van der Waals surface area contributed by atoms with Crippen molar-refractivity contribution in [1.29, 1.82) is 0 Å². The first-order valence-electron chi connectivity index (χ1n) is 9.58. The maximum atomic E-state index is 12.7. The van der Waals surface area contributed by atoms with Gasteiger partial charge in [0, 0.05) is 18.5 Å². The van der Waals surface area contributed by atoms with Gasteiger partial charge in [-0.15, -0.1) is 0 Å². The predicted molar refractivity (Wildman–Crippen MR) is 102 cm³/mol. The first-order chi connectivity index (χ1) is 13.0. The fourth-order valence-corrected chi connectivity index (χ4v) is 3.47. The van der Waals surface area contributed by atoms with Gasteiger partial charge in [0.25, 0.3) is 11.5 Å². The van der Waals surface area contributed by atoms with E-state index >= 15 is 0 Å². The van der Waals surface area contributed by atoms with Crippen molar-refractivity contribution in [3.8, 4) is 0 Å². The smallest absolute Gasteiger partial charge is 0.326 e. The number of fused-ring (bicyclic) bond motifs is 2. The van der Waals surface area contributed by atoms with Gasteiger partial charge in [-0.2, -0.15) is 0 Å². The van der Waals surface area contributed by atoms with Gasteiger partial charge in [0.1, 0.15) is 11.9 Å². The molecule has 2 heterocycles. The number of rotatable bonds is 6. The van der Waals surface area contributed by atoms with E-state index in [1.807, 2.05) is 6.92 Å². The second kappa shape index (κ2) is 8.33. The molecule has 0 spiro atoms. The SMILES string of the molecule is CCCCC(NC(=O)c1ccc2c(=O)n3c(nc2c1)CCCCC3)C(=O)O. The van der Waals surface area contributed by atoms with E-state index < -0.39 is 17.9 Å². The van der Waals surface area contributed by atoms with Crippen LogP contribution < -0.4 is 10.9 Å². The number of carbonyl (C=O) groups is 2. The number of carbonyl (C=O) groups excluding carboxylic acids is 1. The molecule has 2 N–H and O–H groups in total. The van der Waals surface area contributed by atoms with Gasteiger partial charge in [-0.3, -0.25) is 14.2 Å². The molecule has 7 nitrogen and oxygen atoms in total. The van der Waals surface area contributed by atoms with Crippen LogP contribution in [-0.4, -0.2) is 32.6 Å². The third-order valence-electron chi connectivity index (χ3n) is 5.03. The van der Waals surface area contributed by atoms with E-state index in [-0.39, 0.29) is 5.56 Å². The van der Waals surface area contributed by atoms with Crippen LogP contribution in [0.2, 0.25) is 0 Å². The Balaban J connectivity index is 1.90. The standard InChI is InChI=1S/C20H25N3O4/c1-2-3-7-15(20(26)27)22-18(24)13-9-10-14-16(12-13)21-17-8-5-4-6-11-23(17)19(14)25/h9-10,12,15H,2-8,11H2,1H3,(H,22,24)(H,26,27). The summed E-state index contributed by atoms with van der Waals surface area (Å²) in [6.07, 6.45) is 5.75. The van der Waals surface area contributed by atoms with Gasteiger partial charge in [-0.05, 0) is 37.5 Å². The highest BCUT2D eigenvalue weighted by molar-refractivity contribution is 5.99. The van der Waals surface area contributed by atoms with Crippen molar-refractivity contribution < 1.29 is 14.7 Å². The number of carboxylic acid groups (broad SMARTS) is 1. The van der Waals surface area contributed by atoms with Crippen molar-refractivity contribution in [1.82, 2.24) is 14.9 Å². The fraction of sp³-hybridized carbons (Fsp3) is 0.500. The van der Waals surface area contributed by atoms with E-state index in [0.29, 0.717) is 29.4 Å². The van der Waals surface area contributed by atoms with Crippen LogP contribution >= 0.6 is 0 Å². The molecule has 1 aromatic carbocycles. The summed E-state index contributed by atoms with van der Waals surface area (Å²) in [5.41, 5.74) is 0.729. The zero-order valence-corrected chi connectivity index (χ0v) is 15.5. The molecule has 0 saturated heterocycles. The number of benzene rings is 1. The Bertz CT molecular complexity index is 919. The number of nitrogens with zero attached hydrogens (tertiary/aromatic N) is 2. The molecule has 1 aliphatic heterocycles. The first kappa shape index (κ1) is 19.1. The Morgan fingerprint density at radius 3 is 2.85 bits per heavy atom. The number of hydrogen-bond acceptors (Lipinski definition) is 4. The molecule has 1 unspecified atom stereocenters. The molecule has 27 heavy (non-hydrogen) atoms. The second-order valence-corrected chi connectivity index (χ2v) is 7.03. The van der Waals surface area contributed by atoms with Crippen molar-refractivity contribution in [2.24, 2.45) is 0 Å². The lowest BCUT2D eigenvalue weighted by Crippen LogP contribution is -2.40. The molecular formula is C20H25N3O4. The molecule has 1 atom stereocenters. The molecule has 3 rings (SSSR count). The lowest BCUT2D eigenvalue weighted by atomic mass is 10.1. The summed E-state index contributed by atoms with van der Waals surface area (Å²) in [4.78, 5) is 41.2. The van der Waals surface area contributed by atoms with Crippen LogP contribution in [-0.2, 0) is 17.8 Å². The summed E-state index contributed by atoms with van der Waals surface area (Å²) >= 11 is 0. The first-order valence-corrected chi connectivity index (χ1v) is 9.58. The zero-order chi connectivity index (χ0) is 19.4.